The summed E-state index contributed by atoms with van der Waals surface area (Å²) in [4.78, 5) is 35.1. The Labute approximate surface area is 216 Å². The molecule has 0 atom stereocenters. The average molecular weight is 514 g/mol. The van der Waals surface area contributed by atoms with Crippen molar-refractivity contribution in [1.29, 1.82) is 0 Å². The van der Waals surface area contributed by atoms with Crippen molar-refractivity contribution in [3.05, 3.63) is 94.9 Å². The Bertz CT molecular complexity index is 1690. The largest absolute Gasteiger partial charge is 0.455 e. The number of para-hydroxylation sites is 1. The molecular formula is C27H24FN7O3. The molecule has 38 heavy (non-hydrogen) atoms. The molecule has 5 rings (SSSR count). The summed E-state index contributed by atoms with van der Waals surface area (Å²) < 4.78 is 22.3. The number of aromatic amines is 1. The third kappa shape index (κ3) is 5.21. The van der Waals surface area contributed by atoms with Gasteiger partial charge in [0, 0.05) is 29.8 Å². The SMILES string of the molecule is CC(C)(C)c1cc(NC(=O)Nc2ccc(Oc3ccnc4ncc(=O)[nH]c34)cc2F)n(-c2ccccc2)n1. The van der Waals surface area contributed by atoms with Gasteiger partial charge in [0.25, 0.3) is 5.56 Å². The minimum absolute atomic E-state index is 0.0497. The minimum atomic E-state index is -0.713. The highest BCUT2D eigenvalue weighted by Crippen LogP contribution is 2.29. The van der Waals surface area contributed by atoms with Gasteiger partial charge in [-0.1, -0.05) is 39.0 Å². The fraction of sp³-hybridized carbons (Fsp3) is 0.148. The first-order valence-electron chi connectivity index (χ1n) is 11.7. The molecule has 0 aliphatic carbocycles. The van der Waals surface area contributed by atoms with E-state index >= 15 is 0 Å². The van der Waals surface area contributed by atoms with E-state index in [9.17, 15) is 14.0 Å². The molecule has 0 spiro atoms. The van der Waals surface area contributed by atoms with Crippen LogP contribution in [0, 0.1) is 5.82 Å². The number of aromatic nitrogens is 5. The Morgan fingerprint density at radius 2 is 1.82 bits per heavy atom. The Kier molecular flexibility index (Phi) is 6.33. The molecule has 0 aliphatic rings. The Morgan fingerprint density at radius 1 is 1.03 bits per heavy atom. The van der Waals surface area contributed by atoms with E-state index in [1.54, 1.807) is 10.7 Å². The van der Waals surface area contributed by atoms with E-state index in [-0.39, 0.29) is 33.8 Å². The number of anilines is 2. The highest BCUT2D eigenvalue weighted by molar-refractivity contribution is 5.99. The van der Waals surface area contributed by atoms with Crippen LogP contribution in [-0.2, 0) is 5.41 Å². The summed E-state index contributed by atoms with van der Waals surface area (Å²) in [6.07, 6.45) is 2.58. The van der Waals surface area contributed by atoms with Gasteiger partial charge in [-0.25, -0.2) is 23.8 Å². The number of benzene rings is 2. The van der Waals surface area contributed by atoms with Crippen LogP contribution in [0.5, 0.6) is 11.5 Å². The lowest BCUT2D eigenvalue weighted by molar-refractivity contribution is 0.262. The highest BCUT2D eigenvalue weighted by atomic mass is 19.1. The molecule has 0 radical (unpaired) electrons. The molecule has 11 heteroatoms. The number of ether oxygens (including phenoxy) is 1. The second-order valence-corrected chi connectivity index (χ2v) is 9.49. The molecule has 3 heterocycles. The van der Waals surface area contributed by atoms with Crippen LogP contribution in [0.25, 0.3) is 16.9 Å². The molecule has 0 saturated carbocycles. The van der Waals surface area contributed by atoms with E-state index in [4.69, 9.17) is 4.74 Å². The van der Waals surface area contributed by atoms with Gasteiger partial charge in [-0.15, -0.1) is 0 Å². The predicted molar refractivity (Wildman–Crippen MR) is 142 cm³/mol. The number of carbonyl (C=O) groups excluding carboxylic acids is 1. The maximum atomic E-state index is 14.9. The number of urea groups is 1. The van der Waals surface area contributed by atoms with E-state index in [1.807, 2.05) is 51.1 Å². The summed E-state index contributed by atoms with van der Waals surface area (Å²) in [6.45, 7) is 6.07. The van der Waals surface area contributed by atoms with Crippen molar-refractivity contribution < 1.29 is 13.9 Å². The average Bonchev–Trinajstić information content (AvgIpc) is 3.31. The van der Waals surface area contributed by atoms with Crippen molar-refractivity contribution in [2.45, 2.75) is 26.2 Å². The van der Waals surface area contributed by atoms with Crippen molar-refractivity contribution in [3.63, 3.8) is 0 Å². The molecule has 0 fully saturated rings. The van der Waals surface area contributed by atoms with Crippen molar-refractivity contribution in [2.24, 2.45) is 0 Å². The third-order valence-corrected chi connectivity index (χ3v) is 5.58. The Hall–Kier alpha value is -5.06. The molecule has 5 aromatic rings. The first-order chi connectivity index (χ1) is 18.2. The molecule has 3 N–H and O–H groups in total. The van der Waals surface area contributed by atoms with E-state index in [0.717, 1.165) is 23.6 Å². The zero-order chi connectivity index (χ0) is 26.9. The number of hydrogen-bond acceptors (Lipinski definition) is 6. The van der Waals surface area contributed by atoms with E-state index in [2.05, 4.69) is 30.7 Å². The van der Waals surface area contributed by atoms with Crippen LogP contribution in [0.2, 0.25) is 0 Å². The number of amides is 2. The van der Waals surface area contributed by atoms with Crippen molar-refractivity contribution in [2.75, 3.05) is 10.6 Å². The van der Waals surface area contributed by atoms with Gasteiger partial charge in [0.15, 0.2) is 11.4 Å². The molecule has 0 saturated heterocycles. The number of pyridine rings is 1. The summed E-state index contributed by atoms with van der Waals surface area (Å²) in [5.74, 6) is 0.130. The van der Waals surface area contributed by atoms with Crippen LogP contribution < -0.4 is 20.9 Å². The lowest BCUT2D eigenvalue weighted by Crippen LogP contribution is -2.21. The summed E-state index contributed by atoms with van der Waals surface area (Å²) in [6, 6.07) is 16.1. The van der Waals surface area contributed by atoms with Gasteiger partial charge >= 0.3 is 6.03 Å². The highest BCUT2D eigenvalue weighted by Gasteiger charge is 2.22. The van der Waals surface area contributed by atoms with Crippen LogP contribution in [0.4, 0.5) is 20.7 Å². The number of nitrogens with one attached hydrogen (secondary N) is 3. The van der Waals surface area contributed by atoms with Gasteiger partial charge in [-0.2, -0.15) is 5.10 Å². The van der Waals surface area contributed by atoms with Crippen LogP contribution in [0.15, 0.2) is 77.9 Å². The van der Waals surface area contributed by atoms with Gasteiger partial charge in [0.2, 0.25) is 0 Å². The molecule has 0 unspecified atom stereocenters. The summed E-state index contributed by atoms with van der Waals surface area (Å²) in [5, 5.41) is 9.95. The third-order valence-electron chi connectivity index (χ3n) is 5.58. The predicted octanol–water partition coefficient (Wildman–Crippen LogP) is 5.38. The fourth-order valence-corrected chi connectivity index (χ4v) is 3.67. The van der Waals surface area contributed by atoms with Crippen LogP contribution >= 0.6 is 0 Å². The summed E-state index contributed by atoms with van der Waals surface area (Å²) in [7, 11) is 0. The normalized spacial score (nSPS) is 11.4. The van der Waals surface area contributed by atoms with Crippen LogP contribution in [-0.4, -0.2) is 30.8 Å². The quantitative estimate of drug-likeness (QED) is 0.290. The molecule has 3 aromatic heterocycles. The number of rotatable bonds is 5. The maximum absolute atomic E-state index is 14.9. The maximum Gasteiger partial charge on any atom is 0.324 e. The van der Waals surface area contributed by atoms with Crippen molar-refractivity contribution in [3.8, 4) is 17.2 Å². The molecule has 10 nitrogen and oxygen atoms in total. The van der Waals surface area contributed by atoms with Crippen LogP contribution in [0.1, 0.15) is 26.5 Å². The summed E-state index contributed by atoms with van der Waals surface area (Å²) >= 11 is 0. The van der Waals surface area contributed by atoms with Gasteiger partial charge in [0.1, 0.15) is 22.9 Å². The van der Waals surface area contributed by atoms with E-state index < -0.39 is 17.4 Å². The second-order valence-electron chi connectivity index (χ2n) is 9.49. The molecule has 2 aromatic carbocycles. The fourth-order valence-electron chi connectivity index (χ4n) is 3.67. The molecule has 0 bridgehead atoms. The number of H-pyrrole nitrogens is 1. The molecule has 2 amide bonds. The minimum Gasteiger partial charge on any atom is -0.455 e. The Balaban J connectivity index is 1.35. The second kappa shape index (κ2) is 9.77. The first-order valence-corrected chi connectivity index (χ1v) is 11.7. The standard InChI is InChI=1S/C27H24FN7O3/c1-27(2,3)21-14-22(35(34-21)16-7-5-4-6-8-16)32-26(37)31-19-10-9-17(13-18(19)28)38-20-11-12-29-25-24(20)33-23(36)15-30-25/h4-15H,1-3H3,(H,33,36)(H2,31,32,37). The van der Waals surface area contributed by atoms with Gasteiger partial charge < -0.3 is 15.0 Å². The van der Waals surface area contributed by atoms with E-state index in [0.29, 0.717) is 5.82 Å². The lowest BCUT2D eigenvalue weighted by atomic mass is 9.92. The number of nitrogens with zero attached hydrogens (tertiary/aromatic N) is 4. The molecule has 0 aliphatic heterocycles. The zero-order valence-corrected chi connectivity index (χ0v) is 20.8. The number of halogens is 1. The lowest BCUT2D eigenvalue weighted by Gasteiger charge is -2.14. The first kappa shape index (κ1) is 24.6. The number of hydrogen-bond donors (Lipinski definition) is 3. The monoisotopic (exact) mass is 513 g/mol. The smallest absolute Gasteiger partial charge is 0.324 e. The number of carbonyl (C=O) groups is 1. The van der Waals surface area contributed by atoms with Crippen LogP contribution in [0.3, 0.4) is 0 Å². The van der Waals surface area contributed by atoms with Gasteiger partial charge in [-0.3, -0.25) is 10.1 Å². The zero-order valence-electron chi connectivity index (χ0n) is 20.8. The molecule has 192 valence electrons. The van der Waals surface area contributed by atoms with Gasteiger partial charge in [-0.05, 0) is 24.3 Å². The van der Waals surface area contributed by atoms with Gasteiger partial charge in [0.05, 0.1) is 23.3 Å². The summed E-state index contributed by atoms with van der Waals surface area (Å²) in [5.41, 5.74) is 1.39. The van der Waals surface area contributed by atoms with Crippen molar-refractivity contribution >= 4 is 28.7 Å². The molecular weight excluding hydrogens is 489 g/mol. The van der Waals surface area contributed by atoms with E-state index in [1.165, 1.54) is 24.4 Å². The Morgan fingerprint density at radius 3 is 2.55 bits per heavy atom. The van der Waals surface area contributed by atoms with Crippen molar-refractivity contribution in [1.82, 2.24) is 24.7 Å². The topological polar surface area (TPSA) is 127 Å². The number of fused-ring (bicyclic) bond motifs is 1.